The van der Waals surface area contributed by atoms with E-state index in [1.165, 1.54) is 24.9 Å². The molecule has 3 atom stereocenters. The summed E-state index contributed by atoms with van der Waals surface area (Å²) in [4.78, 5) is 24.3. The summed E-state index contributed by atoms with van der Waals surface area (Å²) in [5.74, 6) is 0.322. The number of pyridine rings is 1. The van der Waals surface area contributed by atoms with Gasteiger partial charge in [0, 0.05) is 41.1 Å². The zero-order chi connectivity index (χ0) is 29.5. The predicted octanol–water partition coefficient (Wildman–Crippen LogP) is 5.53. The van der Waals surface area contributed by atoms with Crippen LogP contribution in [0.15, 0.2) is 102 Å². The van der Waals surface area contributed by atoms with Gasteiger partial charge in [0.25, 0.3) is 5.03 Å². The lowest BCUT2D eigenvalue weighted by molar-refractivity contribution is -0.645. The van der Waals surface area contributed by atoms with Crippen molar-refractivity contribution in [2.24, 2.45) is 0 Å². The number of benzene rings is 3. The molecule has 2 N–H and O–H groups in total. The molecule has 1 amide bonds. The Morgan fingerprint density at radius 1 is 0.952 bits per heavy atom. The molecule has 0 aliphatic carbocycles. The number of thioether (sulfide) groups is 1. The molecule has 1 aromatic heterocycles. The largest absolute Gasteiger partial charge is 0.618 e. The molecular weight excluding hydrogens is 552 g/mol. The maximum absolute atomic E-state index is 12.7. The van der Waals surface area contributed by atoms with Gasteiger partial charge in [-0.25, -0.2) is 0 Å². The fraction of sp³-hybridized carbons (Fsp3) is 0.242. The molecule has 1 fully saturated rings. The number of amides is 1. The molecule has 1 aliphatic heterocycles. The first-order chi connectivity index (χ1) is 20.4. The van der Waals surface area contributed by atoms with Crippen LogP contribution in [0.5, 0.6) is 0 Å². The summed E-state index contributed by atoms with van der Waals surface area (Å²) in [5.41, 5.74) is 4.56. The second kappa shape index (κ2) is 13.8. The number of ketones is 1. The van der Waals surface area contributed by atoms with E-state index < -0.39 is 6.29 Å². The SMILES string of the molecule is CC(=O)c1cccc(NC(=O)Cc2ccc(C3O[C@H](CSc4cccc[n+]4[O-])C[C@H](c4ccc(CO)cc4)O3)cc2)c1. The van der Waals surface area contributed by atoms with Gasteiger partial charge in [-0.3, -0.25) is 9.59 Å². The molecule has 42 heavy (non-hydrogen) atoms. The Hall–Kier alpha value is -4.02. The molecule has 1 unspecified atom stereocenters. The van der Waals surface area contributed by atoms with Crippen molar-refractivity contribution in [1.29, 1.82) is 0 Å². The zero-order valence-electron chi connectivity index (χ0n) is 23.1. The summed E-state index contributed by atoms with van der Waals surface area (Å²) >= 11 is 1.44. The maximum atomic E-state index is 12.7. The van der Waals surface area contributed by atoms with Gasteiger partial charge in [0.2, 0.25) is 5.91 Å². The summed E-state index contributed by atoms with van der Waals surface area (Å²) in [5, 5.41) is 25.0. The van der Waals surface area contributed by atoms with Gasteiger partial charge in [-0.15, -0.1) is 0 Å². The summed E-state index contributed by atoms with van der Waals surface area (Å²) in [6.45, 7) is 1.46. The van der Waals surface area contributed by atoms with Crippen LogP contribution in [0.2, 0.25) is 0 Å². The van der Waals surface area contributed by atoms with Gasteiger partial charge < -0.3 is 25.1 Å². The minimum Gasteiger partial charge on any atom is -0.618 e. The number of carbonyl (C=O) groups is 2. The number of Topliss-reactive ketones (excluding diaryl/α,β-unsaturated/α-hetero) is 1. The van der Waals surface area contributed by atoms with Gasteiger partial charge in [0.05, 0.1) is 25.2 Å². The molecule has 8 nitrogen and oxygen atoms in total. The molecule has 4 aromatic rings. The number of nitrogens with one attached hydrogen (secondary N) is 1. The number of rotatable bonds is 10. The number of hydrogen-bond donors (Lipinski definition) is 2. The Morgan fingerprint density at radius 3 is 2.40 bits per heavy atom. The molecule has 9 heteroatoms. The van der Waals surface area contributed by atoms with Crippen molar-refractivity contribution in [2.45, 2.75) is 49.9 Å². The molecule has 1 saturated heterocycles. The Morgan fingerprint density at radius 2 is 1.69 bits per heavy atom. The van der Waals surface area contributed by atoms with E-state index in [4.69, 9.17) is 9.47 Å². The highest BCUT2D eigenvalue weighted by atomic mass is 32.2. The average molecular weight is 585 g/mol. The van der Waals surface area contributed by atoms with Gasteiger partial charge in [0.15, 0.2) is 18.3 Å². The zero-order valence-corrected chi connectivity index (χ0v) is 24.0. The molecule has 2 heterocycles. The van der Waals surface area contributed by atoms with Crippen LogP contribution in [0.4, 0.5) is 5.69 Å². The van der Waals surface area contributed by atoms with E-state index in [-0.39, 0.29) is 36.9 Å². The number of carbonyl (C=O) groups excluding carboxylic acids is 2. The fourth-order valence-electron chi connectivity index (χ4n) is 4.72. The van der Waals surface area contributed by atoms with E-state index in [0.29, 0.717) is 28.5 Å². The van der Waals surface area contributed by atoms with Crippen molar-refractivity contribution in [3.63, 3.8) is 0 Å². The number of hydrogen-bond acceptors (Lipinski definition) is 7. The van der Waals surface area contributed by atoms with Crippen LogP contribution in [0.3, 0.4) is 0 Å². The van der Waals surface area contributed by atoms with Crippen LogP contribution in [0.1, 0.15) is 58.4 Å². The van der Waals surface area contributed by atoms with Gasteiger partial charge in [0.1, 0.15) is 0 Å². The van der Waals surface area contributed by atoms with Gasteiger partial charge >= 0.3 is 0 Å². The number of aliphatic hydroxyl groups is 1. The third kappa shape index (κ3) is 7.63. The van der Waals surface area contributed by atoms with E-state index in [9.17, 15) is 19.9 Å². The molecule has 0 radical (unpaired) electrons. The van der Waals surface area contributed by atoms with Crippen molar-refractivity contribution in [3.05, 3.63) is 130 Å². The Bertz CT molecular complexity index is 1530. The monoisotopic (exact) mass is 584 g/mol. The summed E-state index contributed by atoms with van der Waals surface area (Å²) in [6, 6.07) is 27.4. The van der Waals surface area contributed by atoms with E-state index >= 15 is 0 Å². The highest BCUT2D eigenvalue weighted by molar-refractivity contribution is 7.99. The number of anilines is 1. The number of aliphatic hydroxyl groups excluding tert-OH is 1. The minimum atomic E-state index is -0.640. The van der Waals surface area contributed by atoms with Gasteiger partial charge in [-0.2, -0.15) is 4.73 Å². The first kappa shape index (κ1) is 29.5. The van der Waals surface area contributed by atoms with E-state index in [1.54, 1.807) is 36.4 Å². The Kier molecular flexibility index (Phi) is 9.66. The smallest absolute Gasteiger partial charge is 0.251 e. The van der Waals surface area contributed by atoms with Crippen molar-refractivity contribution >= 4 is 29.1 Å². The quantitative estimate of drug-likeness (QED) is 0.109. The summed E-state index contributed by atoms with van der Waals surface area (Å²) in [6.07, 6.45) is 1.19. The molecule has 1 aliphatic rings. The van der Waals surface area contributed by atoms with Crippen LogP contribution in [0.25, 0.3) is 0 Å². The second-order valence-corrected chi connectivity index (χ2v) is 11.2. The Balaban J connectivity index is 1.27. The highest BCUT2D eigenvalue weighted by Gasteiger charge is 2.32. The lowest BCUT2D eigenvalue weighted by Crippen LogP contribution is -2.32. The van der Waals surface area contributed by atoms with E-state index in [0.717, 1.165) is 27.0 Å². The summed E-state index contributed by atoms with van der Waals surface area (Å²) in [7, 11) is 0. The molecule has 0 spiro atoms. The maximum Gasteiger partial charge on any atom is 0.251 e. The second-order valence-electron chi connectivity index (χ2n) is 10.1. The van der Waals surface area contributed by atoms with Crippen LogP contribution in [-0.2, 0) is 27.3 Å². The molecule has 0 saturated carbocycles. The first-order valence-electron chi connectivity index (χ1n) is 13.7. The van der Waals surface area contributed by atoms with E-state index in [1.807, 2.05) is 54.6 Å². The van der Waals surface area contributed by atoms with Crippen LogP contribution < -0.4 is 10.0 Å². The number of nitrogens with zero attached hydrogens (tertiary/aromatic N) is 1. The van der Waals surface area contributed by atoms with Crippen LogP contribution in [0, 0.1) is 5.21 Å². The third-order valence-electron chi connectivity index (χ3n) is 6.99. The van der Waals surface area contributed by atoms with Crippen molar-refractivity contribution < 1.29 is 28.9 Å². The normalized spacial score (nSPS) is 18.4. The minimum absolute atomic E-state index is 0.0295. The molecule has 216 valence electrons. The Labute approximate surface area is 248 Å². The topological polar surface area (TPSA) is 112 Å². The summed E-state index contributed by atoms with van der Waals surface area (Å²) < 4.78 is 13.6. The first-order valence-corrected chi connectivity index (χ1v) is 14.7. The molecular formula is C33H32N2O6S. The molecule has 3 aromatic carbocycles. The van der Waals surface area contributed by atoms with E-state index in [2.05, 4.69) is 5.32 Å². The fourth-order valence-corrected chi connectivity index (χ4v) is 5.66. The lowest BCUT2D eigenvalue weighted by atomic mass is 10.0. The number of aromatic nitrogens is 1. The predicted molar refractivity (Wildman–Crippen MR) is 160 cm³/mol. The average Bonchev–Trinajstić information content (AvgIpc) is 3.01. The van der Waals surface area contributed by atoms with Crippen molar-refractivity contribution in [3.8, 4) is 0 Å². The van der Waals surface area contributed by atoms with Crippen molar-refractivity contribution in [2.75, 3.05) is 11.1 Å². The molecule has 0 bridgehead atoms. The van der Waals surface area contributed by atoms with Crippen molar-refractivity contribution in [1.82, 2.24) is 0 Å². The molecule has 5 rings (SSSR count). The highest BCUT2D eigenvalue weighted by Crippen LogP contribution is 2.39. The van der Waals surface area contributed by atoms with Gasteiger partial charge in [-0.1, -0.05) is 72.4 Å². The number of ether oxygens (including phenoxy) is 2. The van der Waals surface area contributed by atoms with Crippen LogP contribution >= 0.6 is 11.8 Å². The standard InChI is InChI=1S/C33H32N2O6S/c1-22(37)27-5-4-6-28(18-27)34-31(38)17-23-8-14-26(15-9-23)33-40-29(21-42-32-7-2-3-16-35(32)39)19-30(41-33)25-12-10-24(20-36)11-13-25/h2-16,18,29-30,33,36H,17,19-21H2,1H3,(H,34,38)/t29-,30+,33?/m0/s1. The van der Waals surface area contributed by atoms with Gasteiger partial charge in [-0.05, 0) is 41.8 Å². The van der Waals surface area contributed by atoms with Crippen LogP contribution in [-0.4, -0.2) is 28.7 Å². The lowest BCUT2D eigenvalue weighted by Gasteiger charge is -2.36. The third-order valence-corrected chi connectivity index (χ3v) is 8.14.